The van der Waals surface area contributed by atoms with Crippen LogP contribution in [0.5, 0.6) is 5.75 Å². The Labute approximate surface area is 162 Å². The average molecular weight is 372 g/mol. The first-order valence-electron chi connectivity index (χ1n) is 8.96. The van der Waals surface area contributed by atoms with Crippen LogP contribution >= 0.6 is 0 Å². The van der Waals surface area contributed by atoms with Crippen molar-refractivity contribution in [3.8, 4) is 11.4 Å². The van der Waals surface area contributed by atoms with Crippen LogP contribution in [0.1, 0.15) is 21.5 Å². The van der Waals surface area contributed by atoms with Gasteiger partial charge in [0, 0.05) is 30.4 Å². The van der Waals surface area contributed by atoms with E-state index in [2.05, 4.69) is 10.2 Å². The smallest absolute Gasteiger partial charge is 0.150 e. The van der Waals surface area contributed by atoms with Crippen molar-refractivity contribution in [2.75, 3.05) is 11.9 Å². The molecule has 0 radical (unpaired) electrons. The lowest BCUT2D eigenvalue weighted by Crippen LogP contribution is -2.17. The van der Waals surface area contributed by atoms with Crippen molar-refractivity contribution in [1.82, 2.24) is 15.0 Å². The molecule has 6 nitrogen and oxygen atoms in total. The number of anilines is 1. The maximum Gasteiger partial charge on any atom is 0.150 e. The number of aryl methyl sites for hydroxylation is 1. The third kappa shape index (κ3) is 3.32. The standard InChI is InChI=1S/C22H20N4O2/c1-15-11-17(13-25(2)18-9-7-16(14-27)8-10-18)22(28)21(12-15)26-23-19-5-3-4-6-20(19)24-26/h3-12,14,28H,13H2,1-2H3. The van der Waals surface area contributed by atoms with Crippen LogP contribution in [-0.2, 0) is 6.54 Å². The molecular formula is C22H20N4O2. The van der Waals surface area contributed by atoms with Crippen LogP contribution in [0.15, 0.2) is 60.7 Å². The average Bonchev–Trinajstić information content (AvgIpc) is 3.14. The Kier molecular flexibility index (Phi) is 4.53. The summed E-state index contributed by atoms with van der Waals surface area (Å²) in [6.45, 7) is 2.48. The van der Waals surface area contributed by atoms with E-state index in [1.807, 2.05) is 67.4 Å². The van der Waals surface area contributed by atoms with Gasteiger partial charge in [-0.1, -0.05) is 18.2 Å². The zero-order valence-electron chi connectivity index (χ0n) is 15.7. The Hall–Kier alpha value is -3.67. The molecular weight excluding hydrogens is 352 g/mol. The van der Waals surface area contributed by atoms with Crippen molar-refractivity contribution in [3.63, 3.8) is 0 Å². The number of fused-ring (bicyclic) bond motifs is 1. The summed E-state index contributed by atoms with van der Waals surface area (Å²) in [5.74, 6) is 0.155. The van der Waals surface area contributed by atoms with E-state index >= 15 is 0 Å². The third-order valence-electron chi connectivity index (χ3n) is 4.69. The monoisotopic (exact) mass is 372 g/mol. The molecule has 0 saturated carbocycles. The Morgan fingerprint density at radius 2 is 1.68 bits per heavy atom. The highest BCUT2D eigenvalue weighted by Crippen LogP contribution is 2.30. The van der Waals surface area contributed by atoms with E-state index < -0.39 is 0 Å². The number of aldehydes is 1. The first-order valence-corrected chi connectivity index (χ1v) is 8.96. The summed E-state index contributed by atoms with van der Waals surface area (Å²) in [5, 5.41) is 19.9. The van der Waals surface area contributed by atoms with Crippen molar-refractivity contribution in [1.29, 1.82) is 0 Å². The molecule has 4 aromatic rings. The molecule has 0 atom stereocenters. The largest absolute Gasteiger partial charge is 0.505 e. The number of benzene rings is 3. The molecule has 3 aromatic carbocycles. The summed E-state index contributed by atoms with van der Waals surface area (Å²) < 4.78 is 0. The molecule has 0 saturated heterocycles. The fraction of sp³-hybridized carbons (Fsp3) is 0.136. The molecule has 1 heterocycles. The van der Waals surface area contributed by atoms with Crippen LogP contribution in [0, 0.1) is 6.92 Å². The number of aromatic nitrogens is 3. The predicted octanol–water partition coefficient (Wildman–Crippen LogP) is 3.88. The van der Waals surface area contributed by atoms with Gasteiger partial charge in [-0.2, -0.15) is 0 Å². The van der Waals surface area contributed by atoms with E-state index in [-0.39, 0.29) is 5.75 Å². The molecule has 0 spiro atoms. The fourth-order valence-corrected chi connectivity index (χ4v) is 3.23. The summed E-state index contributed by atoms with van der Waals surface area (Å²) in [5.41, 5.74) is 5.48. The lowest BCUT2D eigenvalue weighted by molar-refractivity contribution is 0.112. The van der Waals surface area contributed by atoms with Crippen molar-refractivity contribution < 1.29 is 9.90 Å². The van der Waals surface area contributed by atoms with E-state index in [0.717, 1.165) is 34.1 Å². The van der Waals surface area contributed by atoms with Crippen molar-refractivity contribution >= 4 is 23.0 Å². The van der Waals surface area contributed by atoms with Gasteiger partial charge in [0.15, 0.2) is 0 Å². The number of phenolic OH excluding ortho intramolecular Hbond substituents is 1. The summed E-state index contributed by atoms with van der Waals surface area (Å²) in [6, 6.07) is 18.8. The van der Waals surface area contributed by atoms with Gasteiger partial charge in [0.05, 0.1) is 0 Å². The summed E-state index contributed by atoms with van der Waals surface area (Å²) in [4.78, 5) is 14.3. The molecule has 6 heteroatoms. The molecule has 0 aliphatic rings. The van der Waals surface area contributed by atoms with E-state index in [1.165, 1.54) is 4.80 Å². The van der Waals surface area contributed by atoms with E-state index in [0.29, 0.717) is 17.8 Å². The van der Waals surface area contributed by atoms with Crippen LogP contribution in [0.2, 0.25) is 0 Å². The molecule has 140 valence electrons. The van der Waals surface area contributed by atoms with Gasteiger partial charge in [-0.15, -0.1) is 15.0 Å². The molecule has 1 N–H and O–H groups in total. The van der Waals surface area contributed by atoms with E-state index in [4.69, 9.17) is 0 Å². The van der Waals surface area contributed by atoms with Crippen LogP contribution in [-0.4, -0.2) is 33.4 Å². The van der Waals surface area contributed by atoms with Gasteiger partial charge < -0.3 is 10.0 Å². The number of aromatic hydroxyl groups is 1. The van der Waals surface area contributed by atoms with Crippen molar-refractivity contribution in [2.45, 2.75) is 13.5 Å². The summed E-state index contributed by atoms with van der Waals surface area (Å²) in [6.07, 6.45) is 0.823. The second-order valence-corrected chi connectivity index (χ2v) is 6.84. The third-order valence-corrected chi connectivity index (χ3v) is 4.69. The molecule has 0 amide bonds. The van der Waals surface area contributed by atoms with Gasteiger partial charge in [0.25, 0.3) is 0 Å². The molecule has 28 heavy (non-hydrogen) atoms. The zero-order chi connectivity index (χ0) is 19.7. The minimum atomic E-state index is 0.155. The Balaban J connectivity index is 1.68. The molecule has 1 aromatic heterocycles. The highest BCUT2D eigenvalue weighted by Gasteiger charge is 2.15. The molecule has 0 aliphatic heterocycles. The minimum Gasteiger partial charge on any atom is -0.505 e. The van der Waals surface area contributed by atoms with Crippen LogP contribution in [0.25, 0.3) is 16.7 Å². The first kappa shape index (κ1) is 17.7. The number of carbonyl (C=O) groups is 1. The Bertz CT molecular complexity index is 1120. The van der Waals surface area contributed by atoms with Crippen molar-refractivity contribution in [2.24, 2.45) is 0 Å². The number of carbonyl (C=O) groups excluding carboxylic acids is 1. The number of phenols is 1. The van der Waals surface area contributed by atoms with Gasteiger partial charge in [-0.05, 0) is 55.0 Å². The Morgan fingerprint density at radius 1 is 1.04 bits per heavy atom. The second kappa shape index (κ2) is 7.15. The zero-order valence-corrected chi connectivity index (χ0v) is 15.7. The number of hydrogen-bond acceptors (Lipinski definition) is 5. The number of nitrogens with zero attached hydrogens (tertiary/aromatic N) is 4. The lowest BCUT2D eigenvalue weighted by Gasteiger charge is -2.21. The quantitative estimate of drug-likeness (QED) is 0.538. The molecule has 0 unspecified atom stereocenters. The van der Waals surface area contributed by atoms with Gasteiger partial charge >= 0.3 is 0 Å². The van der Waals surface area contributed by atoms with Gasteiger partial charge in [-0.25, -0.2) is 0 Å². The highest BCUT2D eigenvalue weighted by atomic mass is 16.3. The predicted molar refractivity (Wildman–Crippen MR) is 109 cm³/mol. The SMILES string of the molecule is Cc1cc(CN(C)c2ccc(C=O)cc2)c(O)c(-n2nc3ccccc3n2)c1. The maximum atomic E-state index is 10.9. The lowest BCUT2D eigenvalue weighted by atomic mass is 10.1. The molecule has 0 bridgehead atoms. The highest BCUT2D eigenvalue weighted by molar-refractivity contribution is 5.76. The van der Waals surface area contributed by atoms with Crippen LogP contribution in [0.3, 0.4) is 0 Å². The first-order chi connectivity index (χ1) is 13.5. The molecule has 0 aliphatic carbocycles. The van der Waals surface area contributed by atoms with Crippen LogP contribution < -0.4 is 4.90 Å². The summed E-state index contributed by atoms with van der Waals surface area (Å²) in [7, 11) is 1.94. The number of hydrogen-bond donors (Lipinski definition) is 1. The normalized spacial score (nSPS) is 10.9. The van der Waals surface area contributed by atoms with Gasteiger partial charge in [-0.3, -0.25) is 4.79 Å². The summed E-state index contributed by atoms with van der Waals surface area (Å²) >= 11 is 0. The van der Waals surface area contributed by atoms with Gasteiger partial charge in [0.2, 0.25) is 0 Å². The maximum absolute atomic E-state index is 10.9. The molecule has 0 fully saturated rings. The fourth-order valence-electron chi connectivity index (χ4n) is 3.23. The van der Waals surface area contributed by atoms with E-state index in [1.54, 1.807) is 12.1 Å². The Morgan fingerprint density at radius 3 is 2.29 bits per heavy atom. The number of rotatable bonds is 5. The molecule has 4 rings (SSSR count). The van der Waals surface area contributed by atoms with Crippen molar-refractivity contribution in [3.05, 3.63) is 77.4 Å². The minimum absolute atomic E-state index is 0.155. The topological polar surface area (TPSA) is 71.2 Å². The van der Waals surface area contributed by atoms with Crippen LogP contribution in [0.4, 0.5) is 5.69 Å². The van der Waals surface area contributed by atoms with Gasteiger partial charge in [0.1, 0.15) is 28.8 Å². The second-order valence-electron chi connectivity index (χ2n) is 6.84. The van der Waals surface area contributed by atoms with E-state index in [9.17, 15) is 9.90 Å².